The van der Waals surface area contributed by atoms with Gasteiger partial charge in [0.25, 0.3) is 0 Å². The third-order valence-electron chi connectivity index (χ3n) is 5.17. The van der Waals surface area contributed by atoms with Crippen molar-refractivity contribution < 1.29 is 24.0 Å². The molecule has 1 amide bonds. The summed E-state index contributed by atoms with van der Waals surface area (Å²) in [5.74, 6) is -1.10. The molecule has 1 saturated heterocycles. The summed E-state index contributed by atoms with van der Waals surface area (Å²) in [5, 5.41) is 12.0. The number of benzene rings is 1. The largest absolute Gasteiger partial charge is 0.494 e. The predicted octanol–water partition coefficient (Wildman–Crippen LogP) is 2.14. The number of carboxylic acid groups (broad SMARTS) is 1. The van der Waals surface area contributed by atoms with Crippen LogP contribution in [0.25, 0.3) is 0 Å². The third-order valence-corrected chi connectivity index (χ3v) is 5.17. The first-order valence-electron chi connectivity index (χ1n) is 9.38. The van der Waals surface area contributed by atoms with Gasteiger partial charge in [0.2, 0.25) is 5.91 Å². The van der Waals surface area contributed by atoms with Crippen LogP contribution in [0.4, 0.5) is 0 Å². The number of aliphatic carboxylic acids is 1. The molecule has 7 heteroatoms. The number of hydrogen-bond donors (Lipinski definition) is 2. The van der Waals surface area contributed by atoms with Crippen molar-refractivity contribution in [3.8, 4) is 0 Å². The molecule has 148 valence electrons. The number of amides is 1. The van der Waals surface area contributed by atoms with Crippen LogP contribution in [0.5, 0.6) is 0 Å². The molecule has 2 N–H and O–H groups in total. The summed E-state index contributed by atoms with van der Waals surface area (Å²) in [7, 11) is -0.454. The molecular formula is C20H30BNO5. The van der Waals surface area contributed by atoms with Gasteiger partial charge in [0.1, 0.15) is 6.04 Å². The molecule has 27 heavy (non-hydrogen) atoms. The first kappa shape index (κ1) is 21.4. The highest BCUT2D eigenvalue weighted by Gasteiger charge is 2.51. The van der Waals surface area contributed by atoms with Gasteiger partial charge in [0, 0.05) is 12.8 Å². The number of nitrogens with one attached hydrogen (secondary N) is 1. The molecule has 2 rings (SSSR count). The maximum absolute atomic E-state index is 11.9. The molecule has 0 spiro atoms. The smallest absolute Gasteiger partial charge is 0.480 e. The number of rotatable bonds is 7. The van der Waals surface area contributed by atoms with Gasteiger partial charge in [-0.15, -0.1) is 0 Å². The molecule has 0 bridgehead atoms. The lowest BCUT2D eigenvalue weighted by atomic mass is 9.78. The monoisotopic (exact) mass is 375 g/mol. The first-order chi connectivity index (χ1) is 12.4. The van der Waals surface area contributed by atoms with Crippen LogP contribution < -0.4 is 10.8 Å². The van der Waals surface area contributed by atoms with E-state index in [0.29, 0.717) is 6.42 Å². The van der Waals surface area contributed by atoms with Crippen LogP contribution in [0.3, 0.4) is 0 Å². The highest BCUT2D eigenvalue weighted by Crippen LogP contribution is 2.36. The van der Waals surface area contributed by atoms with E-state index in [1.807, 2.05) is 65.8 Å². The van der Waals surface area contributed by atoms with Crippen LogP contribution in [0.15, 0.2) is 24.3 Å². The van der Waals surface area contributed by atoms with E-state index in [0.717, 1.165) is 11.0 Å². The zero-order chi connectivity index (χ0) is 20.4. The molecule has 1 aliphatic rings. The van der Waals surface area contributed by atoms with Gasteiger partial charge >= 0.3 is 13.1 Å². The number of hydrogen-bond acceptors (Lipinski definition) is 4. The fourth-order valence-electron chi connectivity index (χ4n) is 2.85. The van der Waals surface area contributed by atoms with Gasteiger partial charge in [-0.05, 0) is 44.6 Å². The van der Waals surface area contributed by atoms with Gasteiger partial charge in [0.05, 0.1) is 11.2 Å². The summed E-state index contributed by atoms with van der Waals surface area (Å²) in [6, 6.07) is 6.52. The van der Waals surface area contributed by atoms with Crippen molar-refractivity contribution in [1.29, 1.82) is 0 Å². The van der Waals surface area contributed by atoms with E-state index < -0.39 is 30.3 Å². The standard InChI is InChI=1S/C20H30BNO5/c1-13(2)11-17(23)22-16(18(24)25)12-14-7-9-15(10-8-14)21-26-19(3,4)20(5,6)27-21/h7-10,13,16H,11-12H2,1-6H3,(H,22,23)(H,24,25)/t16-/m1/s1. The Balaban J connectivity index is 2.04. The summed E-state index contributed by atoms with van der Waals surface area (Å²) < 4.78 is 12.1. The zero-order valence-electron chi connectivity index (χ0n) is 17.0. The van der Waals surface area contributed by atoms with Gasteiger partial charge in [-0.2, -0.15) is 0 Å². The Morgan fingerprint density at radius 1 is 1.07 bits per heavy atom. The Kier molecular flexibility index (Phi) is 6.37. The number of carbonyl (C=O) groups excluding carboxylic acids is 1. The quantitative estimate of drug-likeness (QED) is 0.714. The van der Waals surface area contributed by atoms with Gasteiger partial charge < -0.3 is 19.7 Å². The van der Waals surface area contributed by atoms with Crippen LogP contribution in [-0.2, 0) is 25.3 Å². The Bertz CT molecular complexity index is 668. The summed E-state index contributed by atoms with van der Waals surface area (Å²) in [6.07, 6.45) is 0.535. The van der Waals surface area contributed by atoms with Crippen molar-refractivity contribution in [2.75, 3.05) is 0 Å². The topological polar surface area (TPSA) is 84.9 Å². The molecule has 1 aromatic rings. The molecule has 1 atom stereocenters. The van der Waals surface area contributed by atoms with Crippen LogP contribution in [0, 0.1) is 5.92 Å². The van der Waals surface area contributed by atoms with E-state index in [2.05, 4.69) is 5.32 Å². The molecule has 0 saturated carbocycles. The average molecular weight is 375 g/mol. The first-order valence-corrected chi connectivity index (χ1v) is 9.38. The van der Waals surface area contributed by atoms with Gasteiger partial charge in [-0.1, -0.05) is 38.1 Å². The summed E-state index contributed by atoms with van der Waals surface area (Å²) in [5.41, 5.74) is 0.886. The molecule has 1 fully saturated rings. The van der Waals surface area contributed by atoms with Crippen LogP contribution in [-0.4, -0.2) is 41.3 Å². The van der Waals surface area contributed by atoms with Gasteiger partial charge in [-0.3, -0.25) is 4.79 Å². The van der Waals surface area contributed by atoms with Crippen LogP contribution in [0.1, 0.15) is 53.5 Å². The van der Waals surface area contributed by atoms with Crippen molar-refractivity contribution in [3.63, 3.8) is 0 Å². The highest BCUT2D eigenvalue weighted by atomic mass is 16.7. The minimum Gasteiger partial charge on any atom is -0.480 e. The molecule has 0 aromatic heterocycles. The fourth-order valence-corrected chi connectivity index (χ4v) is 2.85. The van der Waals surface area contributed by atoms with Crippen LogP contribution >= 0.6 is 0 Å². The van der Waals surface area contributed by atoms with Crippen molar-refractivity contribution in [2.45, 2.75) is 71.6 Å². The maximum atomic E-state index is 11.9. The van der Waals surface area contributed by atoms with E-state index in [-0.39, 0.29) is 18.2 Å². The highest BCUT2D eigenvalue weighted by molar-refractivity contribution is 6.62. The van der Waals surface area contributed by atoms with E-state index in [4.69, 9.17) is 9.31 Å². The zero-order valence-corrected chi connectivity index (χ0v) is 17.0. The summed E-state index contributed by atoms with van der Waals surface area (Å²) >= 11 is 0. The molecule has 6 nitrogen and oxygen atoms in total. The molecule has 1 heterocycles. The van der Waals surface area contributed by atoms with Gasteiger partial charge in [-0.25, -0.2) is 4.79 Å². The lowest BCUT2D eigenvalue weighted by molar-refractivity contribution is -0.141. The SMILES string of the molecule is CC(C)CC(=O)N[C@H](Cc1ccc(B2OC(C)(C)C(C)(C)O2)cc1)C(=O)O. The second-order valence-corrected chi connectivity index (χ2v) is 8.59. The average Bonchev–Trinajstić information content (AvgIpc) is 2.74. The lowest BCUT2D eigenvalue weighted by Crippen LogP contribution is -2.42. The van der Waals surface area contributed by atoms with E-state index in [1.165, 1.54) is 0 Å². The van der Waals surface area contributed by atoms with Crippen LogP contribution in [0.2, 0.25) is 0 Å². The Morgan fingerprint density at radius 2 is 1.59 bits per heavy atom. The molecule has 1 aromatic carbocycles. The lowest BCUT2D eigenvalue weighted by Gasteiger charge is -2.32. The van der Waals surface area contributed by atoms with E-state index in [9.17, 15) is 14.7 Å². The predicted molar refractivity (Wildman–Crippen MR) is 105 cm³/mol. The second-order valence-electron chi connectivity index (χ2n) is 8.59. The van der Waals surface area contributed by atoms with E-state index >= 15 is 0 Å². The minimum atomic E-state index is -1.04. The Morgan fingerprint density at radius 3 is 2.04 bits per heavy atom. The Labute approximate surface area is 161 Å². The second kappa shape index (κ2) is 8.03. The minimum absolute atomic E-state index is 0.179. The third kappa shape index (κ3) is 5.33. The van der Waals surface area contributed by atoms with Gasteiger partial charge in [0.15, 0.2) is 0 Å². The molecule has 1 aliphatic heterocycles. The molecule has 0 aliphatic carbocycles. The summed E-state index contributed by atoms with van der Waals surface area (Å²) in [6.45, 7) is 11.8. The maximum Gasteiger partial charge on any atom is 0.494 e. The number of carbonyl (C=O) groups is 2. The number of carboxylic acids is 1. The molecule has 0 unspecified atom stereocenters. The van der Waals surface area contributed by atoms with E-state index in [1.54, 1.807) is 0 Å². The van der Waals surface area contributed by atoms with Crippen molar-refractivity contribution in [3.05, 3.63) is 29.8 Å². The van der Waals surface area contributed by atoms with Crippen molar-refractivity contribution in [1.82, 2.24) is 5.32 Å². The molecule has 0 radical (unpaired) electrons. The molecular weight excluding hydrogens is 345 g/mol. The normalized spacial score (nSPS) is 19.1. The fraction of sp³-hybridized carbons (Fsp3) is 0.600. The summed E-state index contributed by atoms with van der Waals surface area (Å²) in [4.78, 5) is 23.4. The van der Waals surface area contributed by atoms with Crippen molar-refractivity contribution >= 4 is 24.5 Å². The van der Waals surface area contributed by atoms with Crippen molar-refractivity contribution in [2.24, 2.45) is 5.92 Å². The Hall–Kier alpha value is -1.86.